The Balaban J connectivity index is 2.43. The lowest BCUT2D eigenvalue weighted by Gasteiger charge is -2.17. The van der Waals surface area contributed by atoms with E-state index in [2.05, 4.69) is 5.32 Å². The van der Waals surface area contributed by atoms with Gasteiger partial charge in [-0.05, 0) is 25.5 Å². The third-order valence-electron chi connectivity index (χ3n) is 2.75. The fourth-order valence-electron chi connectivity index (χ4n) is 2.07. The second-order valence-electron chi connectivity index (χ2n) is 3.91. The molecule has 1 aliphatic rings. The van der Waals surface area contributed by atoms with Gasteiger partial charge in [0.1, 0.15) is 5.82 Å². The lowest BCUT2D eigenvalue weighted by Crippen LogP contribution is -2.20. The Morgan fingerprint density at radius 3 is 3.00 bits per heavy atom. The number of hydrogen-bond donors (Lipinski definition) is 1. The molecule has 1 aromatic carbocycles. The highest BCUT2D eigenvalue weighted by atomic mass is 19.1. The van der Waals surface area contributed by atoms with Crippen LogP contribution in [0.25, 0.3) is 0 Å². The molecule has 4 heteroatoms. The lowest BCUT2D eigenvalue weighted by molar-refractivity contribution is 0.299. The number of halogens is 2. The van der Waals surface area contributed by atoms with E-state index >= 15 is 0 Å². The molecule has 16 heavy (non-hydrogen) atoms. The van der Waals surface area contributed by atoms with Gasteiger partial charge in [-0.15, -0.1) is 0 Å². The minimum Gasteiger partial charge on any atom is -0.490 e. The van der Waals surface area contributed by atoms with E-state index in [1.807, 2.05) is 6.92 Å². The van der Waals surface area contributed by atoms with Gasteiger partial charge in [-0.2, -0.15) is 0 Å². The Kier molecular flexibility index (Phi) is 3.39. The maximum atomic E-state index is 13.5. The summed E-state index contributed by atoms with van der Waals surface area (Å²) in [6, 6.07) is 2.21. The molecule has 0 aromatic heterocycles. The van der Waals surface area contributed by atoms with Crippen LogP contribution in [-0.2, 0) is 0 Å². The Morgan fingerprint density at radius 2 is 2.25 bits per heavy atom. The molecule has 0 amide bonds. The fourth-order valence-corrected chi connectivity index (χ4v) is 2.07. The maximum absolute atomic E-state index is 13.5. The first kappa shape index (κ1) is 11.3. The second kappa shape index (κ2) is 4.78. The van der Waals surface area contributed by atoms with Crippen molar-refractivity contribution in [1.29, 1.82) is 0 Å². The molecule has 0 aliphatic carbocycles. The fraction of sp³-hybridized carbons (Fsp3) is 0.500. The van der Waals surface area contributed by atoms with Crippen LogP contribution >= 0.6 is 0 Å². The quantitative estimate of drug-likeness (QED) is 0.838. The smallest absolute Gasteiger partial charge is 0.168 e. The van der Waals surface area contributed by atoms with Gasteiger partial charge in [-0.1, -0.05) is 6.92 Å². The summed E-state index contributed by atoms with van der Waals surface area (Å²) in [7, 11) is 0. The average molecular weight is 227 g/mol. The molecule has 88 valence electrons. The Labute approximate surface area is 93.6 Å². The van der Waals surface area contributed by atoms with E-state index in [4.69, 9.17) is 4.74 Å². The highest BCUT2D eigenvalue weighted by Crippen LogP contribution is 2.34. The van der Waals surface area contributed by atoms with Crippen molar-refractivity contribution in [2.45, 2.75) is 25.8 Å². The summed E-state index contributed by atoms with van der Waals surface area (Å²) >= 11 is 0. The van der Waals surface area contributed by atoms with E-state index < -0.39 is 11.6 Å². The van der Waals surface area contributed by atoms with Crippen LogP contribution in [0.15, 0.2) is 12.1 Å². The average Bonchev–Trinajstić information content (AvgIpc) is 2.42. The Morgan fingerprint density at radius 1 is 1.44 bits per heavy atom. The molecule has 0 bridgehead atoms. The zero-order valence-electron chi connectivity index (χ0n) is 9.22. The zero-order valence-corrected chi connectivity index (χ0v) is 9.22. The predicted octanol–water partition coefficient (Wildman–Crippen LogP) is 2.79. The molecule has 0 fully saturated rings. The minimum atomic E-state index is -0.611. The molecule has 1 heterocycles. The summed E-state index contributed by atoms with van der Waals surface area (Å²) in [4.78, 5) is 0. The molecule has 1 atom stereocenters. The summed E-state index contributed by atoms with van der Waals surface area (Å²) in [5, 5.41) is 3.22. The molecule has 1 unspecified atom stereocenters. The van der Waals surface area contributed by atoms with E-state index in [-0.39, 0.29) is 11.8 Å². The highest BCUT2D eigenvalue weighted by molar-refractivity contribution is 5.38. The minimum absolute atomic E-state index is 0.0206. The lowest BCUT2D eigenvalue weighted by atomic mass is 10.0. The van der Waals surface area contributed by atoms with Crippen molar-refractivity contribution in [2.24, 2.45) is 0 Å². The van der Waals surface area contributed by atoms with E-state index in [1.165, 1.54) is 6.07 Å². The normalized spacial score (nSPS) is 19.8. The van der Waals surface area contributed by atoms with Gasteiger partial charge < -0.3 is 10.1 Å². The number of hydrogen-bond acceptors (Lipinski definition) is 2. The summed E-state index contributed by atoms with van der Waals surface area (Å²) in [5.74, 6) is -0.964. The SMILES string of the molecule is CCNC1CCCOc2c(F)cc(F)cc21. The van der Waals surface area contributed by atoms with Crippen LogP contribution in [0, 0.1) is 11.6 Å². The Bertz CT molecular complexity index is 382. The van der Waals surface area contributed by atoms with Gasteiger partial charge in [0.15, 0.2) is 11.6 Å². The van der Waals surface area contributed by atoms with Crippen molar-refractivity contribution in [3.63, 3.8) is 0 Å². The van der Waals surface area contributed by atoms with E-state index in [0.717, 1.165) is 25.5 Å². The zero-order chi connectivity index (χ0) is 11.5. The van der Waals surface area contributed by atoms with E-state index in [0.29, 0.717) is 12.2 Å². The van der Waals surface area contributed by atoms with Crippen molar-refractivity contribution in [2.75, 3.05) is 13.2 Å². The number of benzene rings is 1. The van der Waals surface area contributed by atoms with Gasteiger partial charge in [0, 0.05) is 17.7 Å². The first-order valence-electron chi connectivity index (χ1n) is 5.57. The standard InChI is InChI=1S/C12H15F2NO/c1-2-15-11-4-3-5-16-12-9(11)6-8(13)7-10(12)14/h6-7,11,15H,2-5H2,1H3. The van der Waals surface area contributed by atoms with Crippen LogP contribution < -0.4 is 10.1 Å². The topological polar surface area (TPSA) is 21.3 Å². The molecule has 0 spiro atoms. The number of nitrogens with one attached hydrogen (secondary N) is 1. The van der Waals surface area contributed by atoms with Gasteiger partial charge in [-0.25, -0.2) is 8.78 Å². The van der Waals surface area contributed by atoms with Crippen LogP contribution in [-0.4, -0.2) is 13.2 Å². The predicted molar refractivity (Wildman–Crippen MR) is 57.5 cm³/mol. The van der Waals surface area contributed by atoms with Crippen LogP contribution in [0.5, 0.6) is 5.75 Å². The molecule has 0 radical (unpaired) electrons. The maximum Gasteiger partial charge on any atom is 0.168 e. The number of fused-ring (bicyclic) bond motifs is 1. The van der Waals surface area contributed by atoms with Crippen molar-refractivity contribution in [1.82, 2.24) is 5.32 Å². The first-order valence-corrected chi connectivity index (χ1v) is 5.57. The Hall–Kier alpha value is -1.16. The third kappa shape index (κ3) is 2.16. The van der Waals surface area contributed by atoms with E-state index in [9.17, 15) is 8.78 Å². The molecule has 0 saturated carbocycles. The first-order chi connectivity index (χ1) is 7.72. The van der Waals surface area contributed by atoms with Gasteiger partial charge >= 0.3 is 0 Å². The third-order valence-corrected chi connectivity index (χ3v) is 2.75. The van der Waals surface area contributed by atoms with Gasteiger partial charge in [-0.3, -0.25) is 0 Å². The second-order valence-corrected chi connectivity index (χ2v) is 3.91. The van der Waals surface area contributed by atoms with Crippen molar-refractivity contribution >= 4 is 0 Å². The van der Waals surface area contributed by atoms with Crippen LogP contribution in [0.3, 0.4) is 0 Å². The van der Waals surface area contributed by atoms with Crippen LogP contribution in [0.1, 0.15) is 31.4 Å². The van der Waals surface area contributed by atoms with Crippen LogP contribution in [0.4, 0.5) is 8.78 Å². The van der Waals surface area contributed by atoms with Crippen molar-refractivity contribution in [3.05, 3.63) is 29.3 Å². The number of rotatable bonds is 2. The summed E-state index contributed by atoms with van der Waals surface area (Å²) in [6.07, 6.45) is 1.68. The highest BCUT2D eigenvalue weighted by Gasteiger charge is 2.22. The van der Waals surface area contributed by atoms with Gasteiger partial charge in [0.25, 0.3) is 0 Å². The van der Waals surface area contributed by atoms with Gasteiger partial charge in [0.2, 0.25) is 0 Å². The largest absolute Gasteiger partial charge is 0.490 e. The number of ether oxygens (including phenoxy) is 1. The summed E-state index contributed by atoms with van der Waals surface area (Å²) < 4.78 is 32.0. The molecule has 1 aromatic rings. The molecule has 1 N–H and O–H groups in total. The summed E-state index contributed by atoms with van der Waals surface area (Å²) in [6.45, 7) is 3.22. The molecular formula is C12H15F2NO. The molecule has 1 aliphatic heterocycles. The van der Waals surface area contributed by atoms with Crippen molar-refractivity contribution in [3.8, 4) is 5.75 Å². The van der Waals surface area contributed by atoms with Gasteiger partial charge in [0.05, 0.1) is 6.61 Å². The molecule has 2 rings (SSSR count). The monoisotopic (exact) mass is 227 g/mol. The molecule has 2 nitrogen and oxygen atoms in total. The summed E-state index contributed by atoms with van der Waals surface area (Å²) in [5.41, 5.74) is 0.594. The molecular weight excluding hydrogens is 212 g/mol. The van der Waals surface area contributed by atoms with Crippen molar-refractivity contribution < 1.29 is 13.5 Å². The van der Waals surface area contributed by atoms with Crippen LogP contribution in [0.2, 0.25) is 0 Å². The molecule has 0 saturated heterocycles. The van der Waals surface area contributed by atoms with E-state index in [1.54, 1.807) is 0 Å².